The van der Waals surface area contributed by atoms with Gasteiger partial charge in [0.05, 0.1) is 6.42 Å². The van der Waals surface area contributed by atoms with E-state index in [9.17, 15) is 14.4 Å². The molecule has 0 radical (unpaired) electrons. The van der Waals surface area contributed by atoms with Crippen molar-refractivity contribution in [2.75, 3.05) is 46.8 Å². The lowest BCUT2D eigenvalue weighted by molar-refractivity contribution is -0.137. The summed E-state index contributed by atoms with van der Waals surface area (Å²) in [5, 5.41) is 0. The Bertz CT molecular complexity index is 671. The summed E-state index contributed by atoms with van der Waals surface area (Å²) in [7, 11) is 3.03. The van der Waals surface area contributed by atoms with E-state index in [1.54, 1.807) is 7.05 Å². The second kappa shape index (κ2) is 7.86. The predicted octanol–water partition coefficient (Wildman–Crippen LogP) is 0.656. The number of benzene rings is 1. The van der Waals surface area contributed by atoms with Crippen molar-refractivity contribution in [1.29, 1.82) is 0 Å². The fourth-order valence-corrected chi connectivity index (χ4v) is 3.52. The van der Waals surface area contributed by atoms with Gasteiger partial charge in [-0.3, -0.25) is 19.4 Å². The molecule has 26 heavy (non-hydrogen) atoms. The molecule has 4 amide bonds. The van der Waals surface area contributed by atoms with Crippen LogP contribution in [0, 0.1) is 0 Å². The molecule has 140 valence electrons. The number of likely N-dealkylation sites (N-methyl/N-ethyl adjacent to an activating group) is 2. The quantitative estimate of drug-likeness (QED) is 0.726. The first-order valence-electron chi connectivity index (χ1n) is 9.06. The lowest BCUT2D eigenvalue weighted by atomic mass is 10.1. The van der Waals surface area contributed by atoms with Crippen LogP contribution in [0.3, 0.4) is 0 Å². The Morgan fingerprint density at radius 3 is 2.27 bits per heavy atom. The minimum absolute atomic E-state index is 0.0546. The first-order valence-corrected chi connectivity index (χ1v) is 9.06. The van der Waals surface area contributed by atoms with Gasteiger partial charge in [0, 0.05) is 46.8 Å². The molecular weight excluding hydrogens is 332 g/mol. The van der Waals surface area contributed by atoms with Crippen molar-refractivity contribution in [2.24, 2.45) is 0 Å². The van der Waals surface area contributed by atoms with E-state index in [2.05, 4.69) is 29.2 Å². The third-order valence-electron chi connectivity index (χ3n) is 5.32. The minimum Gasteiger partial charge on any atom is -0.340 e. The number of piperazine rings is 1. The Labute approximate surface area is 154 Å². The highest BCUT2D eigenvalue weighted by Gasteiger charge is 2.42. The number of amides is 4. The summed E-state index contributed by atoms with van der Waals surface area (Å²) >= 11 is 0. The van der Waals surface area contributed by atoms with E-state index in [0.717, 1.165) is 31.0 Å². The lowest BCUT2D eigenvalue weighted by Gasteiger charge is -2.35. The van der Waals surface area contributed by atoms with E-state index in [0.29, 0.717) is 13.1 Å². The Kier molecular flexibility index (Phi) is 5.56. The highest BCUT2D eigenvalue weighted by Crippen LogP contribution is 2.18. The van der Waals surface area contributed by atoms with Crippen LogP contribution in [-0.2, 0) is 16.0 Å². The number of carbonyl (C=O) groups is 3. The number of hydrogen-bond acceptors (Lipinski definition) is 4. The topological polar surface area (TPSA) is 64.2 Å². The molecule has 0 N–H and O–H groups in total. The standard InChI is InChI=1S/C19H26N4O3/c1-20-16(18(25)21(2)19(20)26)14-17(24)23-12-10-22(11-13-23)9-8-15-6-4-3-5-7-15/h3-7,16H,8-14H2,1-2H3/t16-/m0/s1. The van der Waals surface area contributed by atoms with Crippen LogP contribution in [0.4, 0.5) is 4.79 Å². The smallest absolute Gasteiger partial charge is 0.326 e. The maximum absolute atomic E-state index is 12.5. The number of rotatable bonds is 5. The van der Waals surface area contributed by atoms with Gasteiger partial charge >= 0.3 is 6.03 Å². The molecule has 2 heterocycles. The van der Waals surface area contributed by atoms with Gasteiger partial charge in [0.25, 0.3) is 5.91 Å². The van der Waals surface area contributed by atoms with Gasteiger partial charge in [0.1, 0.15) is 6.04 Å². The average molecular weight is 358 g/mol. The van der Waals surface area contributed by atoms with E-state index in [-0.39, 0.29) is 24.3 Å². The molecule has 1 atom stereocenters. The van der Waals surface area contributed by atoms with Gasteiger partial charge in [-0.25, -0.2) is 4.79 Å². The van der Waals surface area contributed by atoms with Crippen LogP contribution < -0.4 is 0 Å². The number of nitrogens with zero attached hydrogens (tertiary/aromatic N) is 4. The summed E-state index contributed by atoms with van der Waals surface area (Å²) < 4.78 is 0. The summed E-state index contributed by atoms with van der Waals surface area (Å²) in [4.78, 5) is 43.1. The molecule has 1 aromatic carbocycles. The summed E-state index contributed by atoms with van der Waals surface area (Å²) in [5.74, 6) is -0.353. The van der Waals surface area contributed by atoms with Gasteiger partial charge in [0.15, 0.2) is 0 Å². The lowest BCUT2D eigenvalue weighted by Crippen LogP contribution is -2.50. The molecule has 7 nitrogen and oxygen atoms in total. The third kappa shape index (κ3) is 3.88. The fourth-order valence-electron chi connectivity index (χ4n) is 3.52. The second-order valence-corrected chi connectivity index (χ2v) is 6.97. The van der Waals surface area contributed by atoms with Crippen LogP contribution in [-0.4, -0.2) is 90.3 Å². The zero-order chi connectivity index (χ0) is 18.7. The highest BCUT2D eigenvalue weighted by molar-refractivity contribution is 6.05. The van der Waals surface area contributed by atoms with Crippen LogP contribution in [0.15, 0.2) is 30.3 Å². The van der Waals surface area contributed by atoms with Crippen LogP contribution >= 0.6 is 0 Å². The van der Waals surface area contributed by atoms with E-state index in [1.807, 2.05) is 11.0 Å². The van der Waals surface area contributed by atoms with Gasteiger partial charge in [-0.15, -0.1) is 0 Å². The normalized spacial score (nSPS) is 21.6. The molecule has 0 saturated carbocycles. The van der Waals surface area contributed by atoms with Gasteiger partial charge in [-0.05, 0) is 12.0 Å². The van der Waals surface area contributed by atoms with Crippen molar-refractivity contribution in [3.05, 3.63) is 35.9 Å². The minimum atomic E-state index is -0.670. The molecular formula is C19H26N4O3. The number of carbonyl (C=O) groups excluding carboxylic acids is 3. The molecule has 2 aliphatic heterocycles. The van der Waals surface area contributed by atoms with Crippen LogP contribution in [0.1, 0.15) is 12.0 Å². The van der Waals surface area contributed by atoms with Gasteiger partial charge < -0.3 is 9.80 Å². The molecule has 1 aromatic rings. The Balaban J connectivity index is 1.45. The van der Waals surface area contributed by atoms with E-state index >= 15 is 0 Å². The number of imide groups is 1. The molecule has 2 aliphatic rings. The van der Waals surface area contributed by atoms with Crippen molar-refractivity contribution >= 4 is 17.8 Å². The van der Waals surface area contributed by atoms with Crippen molar-refractivity contribution in [1.82, 2.24) is 19.6 Å². The zero-order valence-electron chi connectivity index (χ0n) is 15.4. The first kappa shape index (κ1) is 18.4. The molecule has 0 aromatic heterocycles. The number of hydrogen-bond donors (Lipinski definition) is 0. The molecule has 7 heteroatoms. The third-order valence-corrected chi connectivity index (χ3v) is 5.32. The Hall–Kier alpha value is -2.41. The molecule has 3 rings (SSSR count). The molecule has 2 fully saturated rings. The van der Waals surface area contributed by atoms with Crippen molar-refractivity contribution in [3.8, 4) is 0 Å². The summed E-state index contributed by atoms with van der Waals surface area (Å²) in [5.41, 5.74) is 1.32. The Morgan fingerprint density at radius 2 is 1.69 bits per heavy atom. The van der Waals surface area contributed by atoms with Crippen molar-refractivity contribution in [3.63, 3.8) is 0 Å². The molecule has 0 aliphatic carbocycles. The van der Waals surface area contributed by atoms with E-state index < -0.39 is 6.04 Å². The average Bonchev–Trinajstić information content (AvgIpc) is 2.85. The van der Waals surface area contributed by atoms with Crippen molar-refractivity contribution in [2.45, 2.75) is 18.9 Å². The number of urea groups is 1. The first-order chi connectivity index (χ1) is 12.5. The molecule has 0 spiro atoms. The highest BCUT2D eigenvalue weighted by atomic mass is 16.2. The maximum Gasteiger partial charge on any atom is 0.326 e. The van der Waals surface area contributed by atoms with E-state index in [4.69, 9.17) is 0 Å². The van der Waals surface area contributed by atoms with Gasteiger partial charge in [-0.1, -0.05) is 30.3 Å². The molecule has 2 saturated heterocycles. The largest absolute Gasteiger partial charge is 0.340 e. The Morgan fingerprint density at radius 1 is 1.04 bits per heavy atom. The molecule has 0 unspecified atom stereocenters. The SMILES string of the molecule is CN1C(=O)[C@H](CC(=O)N2CCN(CCc3ccccc3)CC2)N(C)C1=O. The van der Waals surface area contributed by atoms with Crippen molar-refractivity contribution < 1.29 is 14.4 Å². The monoisotopic (exact) mass is 358 g/mol. The fraction of sp³-hybridized carbons (Fsp3) is 0.526. The second-order valence-electron chi connectivity index (χ2n) is 6.97. The van der Waals surface area contributed by atoms with Crippen LogP contribution in [0.25, 0.3) is 0 Å². The van der Waals surface area contributed by atoms with Gasteiger partial charge in [0.2, 0.25) is 5.91 Å². The van der Waals surface area contributed by atoms with Crippen LogP contribution in [0.5, 0.6) is 0 Å². The maximum atomic E-state index is 12.5. The molecule has 0 bridgehead atoms. The summed E-state index contributed by atoms with van der Waals surface area (Å²) in [6.07, 6.45) is 1.07. The van der Waals surface area contributed by atoms with Crippen LogP contribution in [0.2, 0.25) is 0 Å². The summed E-state index contributed by atoms with van der Waals surface area (Å²) in [6, 6.07) is 9.37. The van der Waals surface area contributed by atoms with Gasteiger partial charge in [-0.2, -0.15) is 0 Å². The van der Waals surface area contributed by atoms with E-state index in [1.165, 1.54) is 17.5 Å². The summed E-state index contributed by atoms with van der Waals surface area (Å²) in [6.45, 7) is 4.00. The predicted molar refractivity (Wildman–Crippen MR) is 97.5 cm³/mol. The zero-order valence-corrected chi connectivity index (χ0v) is 15.4.